The molecule has 1 saturated heterocycles. The number of aliphatic hydroxyl groups excluding tert-OH is 1. The van der Waals surface area contributed by atoms with Gasteiger partial charge < -0.3 is 14.9 Å². The number of amides is 2. The average Bonchev–Trinajstić information content (AvgIpc) is 2.64. The zero-order chi connectivity index (χ0) is 13.3. The minimum absolute atomic E-state index is 0.000596. The molecule has 0 spiro atoms. The van der Waals surface area contributed by atoms with E-state index in [0.29, 0.717) is 13.1 Å². The van der Waals surface area contributed by atoms with Crippen molar-refractivity contribution in [1.82, 2.24) is 9.80 Å². The lowest BCUT2D eigenvalue weighted by atomic mass is 10.0. The van der Waals surface area contributed by atoms with Gasteiger partial charge in [-0.1, -0.05) is 23.8 Å². The van der Waals surface area contributed by atoms with Crippen LogP contribution in [0.15, 0.2) is 18.2 Å². The Bertz CT molecular complexity index is 459. The van der Waals surface area contributed by atoms with Crippen LogP contribution in [-0.2, 0) is 0 Å². The molecule has 1 fully saturated rings. The lowest BCUT2D eigenvalue weighted by molar-refractivity contribution is 0.128. The number of β-amino-alcohol motifs (C(OH)–C–C–N with tert-alkyl or cyclic N) is 1. The third kappa shape index (κ3) is 2.48. The number of rotatable bonds is 3. The molecule has 0 aliphatic carbocycles. The number of hydrogen-bond acceptors (Lipinski definition) is 2. The molecule has 0 bridgehead atoms. The van der Waals surface area contributed by atoms with Crippen LogP contribution in [-0.4, -0.2) is 47.6 Å². The second-order valence-corrected chi connectivity index (χ2v) is 5.03. The monoisotopic (exact) mass is 248 g/mol. The summed E-state index contributed by atoms with van der Waals surface area (Å²) in [5.41, 5.74) is 3.10. The highest BCUT2D eigenvalue weighted by molar-refractivity contribution is 5.76. The maximum Gasteiger partial charge on any atom is 0.319 e. The van der Waals surface area contributed by atoms with Gasteiger partial charge in [0.25, 0.3) is 0 Å². The number of hydrogen-bond donors (Lipinski definition) is 1. The third-order valence-corrected chi connectivity index (χ3v) is 3.49. The summed E-state index contributed by atoms with van der Waals surface area (Å²) in [4.78, 5) is 15.1. The molecule has 1 aromatic carbocycles. The van der Waals surface area contributed by atoms with E-state index >= 15 is 0 Å². The van der Waals surface area contributed by atoms with Crippen LogP contribution in [0.3, 0.4) is 0 Å². The zero-order valence-corrected chi connectivity index (χ0v) is 11.2. The molecule has 4 nitrogen and oxygen atoms in total. The number of carbonyl (C=O) groups excluding carboxylic acids is 1. The van der Waals surface area contributed by atoms with Gasteiger partial charge in [-0.2, -0.15) is 0 Å². The van der Waals surface area contributed by atoms with Crippen molar-refractivity contribution in [2.75, 3.05) is 26.7 Å². The Hall–Kier alpha value is -1.55. The highest BCUT2D eigenvalue weighted by Crippen LogP contribution is 2.21. The first-order valence-electron chi connectivity index (χ1n) is 6.24. The summed E-state index contributed by atoms with van der Waals surface area (Å²) in [7, 11) is 1.78. The number of benzene rings is 1. The van der Waals surface area contributed by atoms with Gasteiger partial charge in [0, 0.05) is 20.1 Å². The van der Waals surface area contributed by atoms with Crippen molar-refractivity contribution in [2.24, 2.45) is 0 Å². The van der Waals surface area contributed by atoms with E-state index in [9.17, 15) is 9.90 Å². The lowest BCUT2D eigenvalue weighted by Crippen LogP contribution is -2.33. The molecule has 1 atom stereocenters. The van der Waals surface area contributed by atoms with Crippen molar-refractivity contribution in [3.05, 3.63) is 34.9 Å². The fourth-order valence-corrected chi connectivity index (χ4v) is 2.30. The van der Waals surface area contributed by atoms with E-state index < -0.39 is 6.10 Å². The van der Waals surface area contributed by atoms with Gasteiger partial charge in [-0.05, 0) is 25.0 Å². The average molecular weight is 248 g/mol. The predicted octanol–water partition coefficient (Wildman–Crippen LogP) is 1.70. The van der Waals surface area contributed by atoms with E-state index in [2.05, 4.69) is 0 Å². The Balaban J connectivity index is 2.10. The Kier molecular flexibility index (Phi) is 3.57. The molecule has 0 radical (unpaired) electrons. The molecule has 1 aromatic rings. The standard InChI is InChI=1S/C14H20N2O2/c1-10-4-5-11(2)12(8-10)13(17)9-16-7-6-15(3)14(16)18/h4-5,8,13,17H,6-7,9H2,1-3H3. The Morgan fingerprint density at radius 1 is 1.33 bits per heavy atom. The summed E-state index contributed by atoms with van der Waals surface area (Å²) >= 11 is 0. The van der Waals surface area contributed by atoms with E-state index in [4.69, 9.17) is 0 Å². The molecule has 1 heterocycles. The van der Waals surface area contributed by atoms with E-state index in [1.54, 1.807) is 16.8 Å². The summed E-state index contributed by atoms with van der Waals surface area (Å²) in [6.07, 6.45) is -0.611. The molecule has 2 rings (SSSR count). The van der Waals surface area contributed by atoms with Gasteiger partial charge in [-0.3, -0.25) is 0 Å². The van der Waals surface area contributed by atoms with Crippen molar-refractivity contribution >= 4 is 6.03 Å². The summed E-state index contributed by atoms with van der Waals surface area (Å²) in [6.45, 7) is 5.78. The van der Waals surface area contributed by atoms with E-state index in [-0.39, 0.29) is 6.03 Å². The van der Waals surface area contributed by atoms with E-state index in [1.165, 1.54) is 0 Å². The minimum atomic E-state index is -0.611. The van der Waals surface area contributed by atoms with Crippen LogP contribution in [0.1, 0.15) is 22.8 Å². The molecule has 98 valence electrons. The fourth-order valence-electron chi connectivity index (χ4n) is 2.30. The largest absolute Gasteiger partial charge is 0.387 e. The van der Waals surface area contributed by atoms with Gasteiger partial charge in [-0.15, -0.1) is 0 Å². The number of urea groups is 1. The maximum absolute atomic E-state index is 11.8. The molecule has 2 amide bonds. The van der Waals surface area contributed by atoms with Crippen LogP contribution in [0.4, 0.5) is 4.79 Å². The first-order chi connectivity index (χ1) is 8.49. The van der Waals surface area contributed by atoms with Crippen molar-refractivity contribution < 1.29 is 9.90 Å². The van der Waals surface area contributed by atoms with Gasteiger partial charge >= 0.3 is 6.03 Å². The summed E-state index contributed by atoms with van der Waals surface area (Å²) in [6, 6.07) is 6.02. The maximum atomic E-state index is 11.8. The third-order valence-electron chi connectivity index (χ3n) is 3.49. The minimum Gasteiger partial charge on any atom is -0.387 e. The molecule has 4 heteroatoms. The second-order valence-electron chi connectivity index (χ2n) is 5.03. The molecular formula is C14H20N2O2. The quantitative estimate of drug-likeness (QED) is 0.885. The second kappa shape index (κ2) is 4.98. The molecule has 0 saturated carbocycles. The molecule has 18 heavy (non-hydrogen) atoms. The lowest BCUT2D eigenvalue weighted by Gasteiger charge is -2.21. The fraction of sp³-hybridized carbons (Fsp3) is 0.500. The zero-order valence-electron chi connectivity index (χ0n) is 11.2. The van der Waals surface area contributed by atoms with Gasteiger partial charge in [0.1, 0.15) is 0 Å². The molecule has 1 aliphatic heterocycles. The number of aliphatic hydroxyl groups is 1. The smallest absolute Gasteiger partial charge is 0.319 e. The molecule has 1 unspecified atom stereocenters. The van der Waals surface area contributed by atoms with Crippen LogP contribution in [0.5, 0.6) is 0 Å². The molecule has 1 aliphatic rings. The van der Waals surface area contributed by atoms with Crippen LogP contribution in [0.25, 0.3) is 0 Å². The van der Waals surface area contributed by atoms with Crippen molar-refractivity contribution in [3.8, 4) is 0 Å². The predicted molar refractivity (Wildman–Crippen MR) is 70.5 cm³/mol. The molecule has 0 aromatic heterocycles. The highest BCUT2D eigenvalue weighted by Gasteiger charge is 2.27. The molecule has 1 N–H and O–H groups in total. The van der Waals surface area contributed by atoms with Crippen LogP contribution < -0.4 is 0 Å². The van der Waals surface area contributed by atoms with E-state index in [0.717, 1.165) is 23.2 Å². The summed E-state index contributed by atoms with van der Waals surface area (Å²) in [5.74, 6) is 0. The normalized spacial score (nSPS) is 17.4. The van der Waals surface area contributed by atoms with Crippen molar-refractivity contribution in [2.45, 2.75) is 20.0 Å². The summed E-state index contributed by atoms with van der Waals surface area (Å²) in [5, 5.41) is 10.3. The van der Waals surface area contributed by atoms with Gasteiger partial charge in [0.05, 0.1) is 12.6 Å². The number of aryl methyl sites for hydroxylation is 2. The van der Waals surface area contributed by atoms with Crippen LogP contribution >= 0.6 is 0 Å². The number of carbonyl (C=O) groups is 1. The van der Waals surface area contributed by atoms with Crippen LogP contribution in [0, 0.1) is 13.8 Å². The van der Waals surface area contributed by atoms with Crippen LogP contribution in [0.2, 0.25) is 0 Å². The summed E-state index contributed by atoms with van der Waals surface area (Å²) < 4.78 is 0. The Morgan fingerprint density at radius 2 is 2.06 bits per heavy atom. The molecular weight excluding hydrogens is 228 g/mol. The van der Waals surface area contributed by atoms with Crippen molar-refractivity contribution in [3.63, 3.8) is 0 Å². The van der Waals surface area contributed by atoms with Gasteiger partial charge in [-0.25, -0.2) is 4.79 Å². The SMILES string of the molecule is Cc1ccc(C)c(C(O)CN2CCN(C)C2=O)c1. The van der Waals surface area contributed by atoms with Gasteiger partial charge in [0.2, 0.25) is 0 Å². The number of nitrogens with zero attached hydrogens (tertiary/aromatic N) is 2. The van der Waals surface area contributed by atoms with Gasteiger partial charge in [0.15, 0.2) is 0 Å². The van der Waals surface area contributed by atoms with E-state index in [1.807, 2.05) is 32.0 Å². The Labute approximate surface area is 108 Å². The number of likely N-dealkylation sites (N-methyl/N-ethyl adjacent to an activating group) is 1. The first kappa shape index (κ1) is 12.9. The topological polar surface area (TPSA) is 43.8 Å². The highest BCUT2D eigenvalue weighted by atomic mass is 16.3. The van der Waals surface area contributed by atoms with Crippen molar-refractivity contribution in [1.29, 1.82) is 0 Å². The first-order valence-corrected chi connectivity index (χ1v) is 6.24. The Morgan fingerprint density at radius 3 is 2.67 bits per heavy atom.